The number of aryl methyl sites for hydroxylation is 2. The molecule has 1 heterocycles. The van der Waals surface area contributed by atoms with Crippen LogP contribution in [0.4, 0.5) is 4.39 Å². The number of carbonyl (C=O) groups is 1. The number of hydrogen-bond acceptors (Lipinski definition) is 2. The number of benzene rings is 2. The van der Waals surface area contributed by atoms with Gasteiger partial charge in [0.05, 0.1) is 13.2 Å². The van der Waals surface area contributed by atoms with E-state index in [4.69, 9.17) is 4.74 Å². The van der Waals surface area contributed by atoms with Gasteiger partial charge in [-0.1, -0.05) is 12.1 Å². The average Bonchev–Trinajstić information content (AvgIpc) is 2.84. The Morgan fingerprint density at radius 3 is 2.40 bits per heavy atom. The van der Waals surface area contributed by atoms with Crippen LogP contribution in [0.3, 0.4) is 0 Å². The van der Waals surface area contributed by atoms with E-state index in [-0.39, 0.29) is 11.6 Å². The highest BCUT2D eigenvalue weighted by Gasteiger charge is 2.18. The number of hydrogen-bond donors (Lipinski definition) is 0. The van der Waals surface area contributed by atoms with Crippen molar-refractivity contribution in [3.8, 4) is 0 Å². The van der Waals surface area contributed by atoms with Crippen LogP contribution in [0.25, 0.3) is 0 Å². The van der Waals surface area contributed by atoms with E-state index in [2.05, 4.69) is 0 Å². The van der Waals surface area contributed by atoms with Gasteiger partial charge in [-0.25, -0.2) is 4.39 Å². The van der Waals surface area contributed by atoms with Gasteiger partial charge in [0.1, 0.15) is 5.82 Å². The van der Waals surface area contributed by atoms with Crippen LogP contribution in [0.2, 0.25) is 0 Å². The minimum Gasteiger partial charge on any atom is -0.372 e. The molecule has 0 aromatic heterocycles. The molecule has 2 aromatic carbocycles. The fraction of sp³-hybridized carbons (Fsp3) is 0.235. The summed E-state index contributed by atoms with van der Waals surface area (Å²) in [6.07, 6.45) is 0. The normalized spacial score (nSPS) is 13.3. The van der Waals surface area contributed by atoms with Crippen molar-refractivity contribution in [1.82, 2.24) is 0 Å². The Balaban J connectivity index is 2.05. The van der Waals surface area contributed by atoms with Crippen LogP contribution in [0.1, 0.15) is 38.2 Å². The first-order valence-corrected chi connectivity index (χ1v) is 6.57. The van der Waals surface area contributed by atoms with Crippen molar-refractivity contribution in [2.24, 2.45) is 0 Å². The van der Waals surface area contributed by atoms with Crippen LogP contribution >= 0.6 is 0 Å². The average molecular weight is 270 g/mol. The molecule has 0 saturated heterocycles. The molecule has 3 rings (SSSR count). The Labute approximate surface area is 117 Å². The third-order valence-corrected chi connectivity index (χ3v) is 3.71. The van der Waals surface area contributed by atoms with Gasteiger partial charge in [0.25, 0.3) is 0 Å². The van der Waals surface area contributed by atoms with Gasteiger partial charge in [0, 0.05) is 11.1 Å². The van der Waals surface area contributed by atoms with E-state index >= 15 is 0 Å². The molecular formula is C17H15FO2. The molecule has 0 N–H and O–H groups in total. The van der Waals surface area contributed by atoms with Gasteiger partial charge >= 0.3 is 0 Å². The summed E-state index contributed by atoms with van der Waals surface area (Å²) in [5, 5.41) is 0. The number of halogens is 1. The highest BCUT2D eigenvalue weighted by Crippen LogP contribution is 2.24. The van der Waals surface area contributed by atoms with Crippen molar-refractivity contribution >= 4 is 5.78 Å². The Kier molecular flexibility index (Phi) is 3.14. The lowest BCUT2D eigenvalue weighted by Crippen LogP contribution is -2.07. The molecule has 0 aliphatic carbocycles. The molecule has 20 heavy (non-hydrogen) atoms. The summed E-state index contributed by atoms with van der Waals surface area (Å²) in [6.45, 7) is 4.69. The van der Waals surface area contributed by atoms with E-state index in [0.29, 0.717) is 35.5 Å². The molecule has 3 heteroatoms. The van der Waals surface area contributed by atoms with E-state index in [0.717, 1.165) is 11.1 Å². The number of fused-ring (bicyclic) bond motifs is 1. The summed E-state index contributed by atoms with van der Waals surface area (Å²) in [5.74, 6) is -0.367. The van der Waals surface area contributed by atoms with Crippen molar-refractivity contribution in [2.45, 2.75) is 27.1 Å². The predicted molar refractivity (Wildman–Crippen MR) is 74.2 cm³/mol. The van der Waals surface area contributed by atoms with E-state index in [1.807, 2.05) is 18.2 Å². The molecule has 1 aliphatic heterocycles. The third-order valence-electron chi connectivity index (χ3n) is 3.71. The molecule has 102 valence electrons. The molecule has 0 fully saturated rings. The molecule has 0 amide bonds. The third kappa shape index (κ3) is 2.14. The van der Waals surface area contributed by atoms with Gasteiger partial charge in [0.2, 0.25) is 0 Å². The highest BCUT2D eigenvalue weighted by molar-refractivity contribution is 6.10. The quantitative estimate of drug-likeness (QED) is 0.778. The first-order chi connectivity index (χ1) is 9.56. The smallest absolute Gasteiger partial charge is 0.193 e. The standard InChI is InChI=1S/C17H15FO2/c1-10-5-15(18)6-11(2)16(10)17(19)12-3-4-13-8-20-9-14(13)7-12/h3-7H,8-9H2,1-2H3. The Bertz CT molecular complexity index is 681. The Hall–Kier alpha value is -2.00. The molecule has 0 saturated carbocycles. The molecule has 0 bridgehead atoms. The summed E-state index contributed by atoms with van der Waals surface area (Å²) in [5.41, 5.74) is 4.76. The maximum atomic E-state index is 13.3. The number of ether oxygens (including phenoxy) is 1. The van der Waals surface area contributed by atoms with Crippen molar-refractivity contribution in [3.05, 3.63) is 69.5 Å². The molecule has 0 spiro atoms. The maximum absolute atomic E-state index is 13.3. The van der Waals surface area contributed by atoms with Crippen molar-refractivity contribution in [3.63, 3.8) is 0 Å². The molecule has 2 nitrogen and oxygen atoms in total. The van der Waals surface area contributed by atoms with E-state index in [9.17, 15) is 9.18 Å². The van der Waals surface area contributed by atoms with E-state index in [1.165, 1.54) is 12.1 Å². The molecule has 1 aliphatic rings. The summed E-state index contributed by atoms with van der Waals surface area (Å²) >= 11 is 0. The second-order valence-electron chi connectivity index (χ2n) is 5.22. The summed E-state index contributed by atoms with van der Waals surface area (Å²) < 4.78 is 18.7. The topological polar surface area (TPSA) is 26.3 Å². The van der Waals surface area contributed by atoms with Crippen LogP contribution in [0, 0.1) is 19.7 Å². The molecule has 0 atom stereocenters. The number of carbonyl (C=O) groups excluding carboxylic acids is 1. The van der Waals surface area contributed by atoms with Crippen LogP contribution < -0.4 is 0 Å². The fourth-order valence-electron chi connectivity index (χ4n) is 2.73. The highest BCUT2D eigenvalue weighted by atomic mass is 19.1. The molecule has 0 unspecified atom stereocenters. The lowest BCUT2D eigenvalue weighted by atomic mass is 9.93. The first-order valence-electron chi connectivity index (χ1n) is 6.57. The van der Waals surface area contributed by atoms with Crippen molar-refractivity contribution in [2.75, 3.05) is 0 Å². The minimum absolute atomic E-state index is 0.0605. The van der Waals surface area contributed by atoms with Crippen LogP contribution in [0.15, 0.2) is 30.3 Å². The van der Waals surface area contributed by atoms with Crippen molar-refractivity contribution in [1.29, 1.82) is 0 Å². The first kappa shape index (κ1) is 13.0. The zero-order valence-electron chi connectivity index (χ0n) is 11.5. The molecular weight excluding hydrogens is 255 g/mol. The second-order valence-corrected chi connectivity index (χ2v) is 5.22. The molecule has 0 radical (unpaired) electrons. The van der Waals surface area contributed by atoms with Crippen LogP contribution in [-0.2, 0) is 18.0 Å². The maximum Gasteiger partial charge on any atom is 0.193 e. The second kappa shape index (κ2) is 4.84. The monoisotopic (exact) mass is 270 g/mol. The van der Waals surface area contributed by atoms with Gasteiger partial charge in [-0.15, -0.1) is 0 Å². The van der Waals surface area contributed by atoms with Crippen molar-refractivity contribution < 1.29 is 13.9 Å². The predicted octanol–water partition coefficient (Wildman–Crippen LogP) is 3.70. The SMILES string of the molecule is Cc1cc(F)cc(C)c1C(=O)c1ccc2c(c1)COC2. The zero-order valence-corrected chi connectivity index (χ0v) is 11.5. The lowest BCUT2D eigenvalue weighted by Gasteiger charge is -2.10. The van der Waals surface area contributed by atoms with Gasteiger partial charge in [0.15, 0.2) is 5.78 Å². The summed E-state index contributed by atoms with van der Waals surface area (Å²) in [6, 6.07) is 8.43. The fourth-order valence-corrected chi connectivity index (χ4v) is 2.73. The van der Waals surface area contributed by atoms with E-state index in [1.54, 1.807) is 13.8 Å². The van der Waals surface area contributed by atoms with Crippen LogP contribution in [0.5, 0.6) is 0 Å². The zero-order chi connectivity index (χ0) is 14.3. The Morgan fingerprint density at radius 1 is 1.05 bits per heavy atom. The summed E-state index contributed by atoms with van der Waals surface area (Å²) in [4.78, 5) is 12.6. The lowest BCUT2D eigenvalue weighted by molar-refractivity contribution is 0.103. The number of rotatable bonds is 2. The van der Waals surface area contributed by atoms with Crippen LogP contribution in [-0.4, -0.2) is 5.78 Å². The number of ketones is 1. The summed E-state index contributed by atoms with van der Waals surface area (Å²) in [7, 11) is 0. The van der Waals surface area contributed by atoms with Gasteiger partial charge in [-0.3, -0.25) is 4.79 Å². The minimum atomic E-state index is -0.307. The largest absolute Gasteiger partial charge is 0.372 e. The van der Waals surface area contributed by atoms with Gasteiger partial charge in [-0.05, 0) is 54.3 Å². The Morgan fingerprint density at radius 2 is 1.70 bits per heavy atom. The van der Waals surface area contributed by atoms with Gasteiger partial charge < -0.3 is 4.74 Å². The van der Waals surface area contributed by atoms with E-state index < -0.39 is 0 Å². The van der Waals surface area contributed by atoms with Gasteiger partial charge in [-0.2, -0.15) is 0 Å². The molecule has 2 aromatic rings.